The van der Waals surface area contributed by atoms with Crippen molar-refractivity contribution in [2.45, 2.75) is 55.8 Å². The molecule has 2 N–H and O–H groups in total. The maximum atomic E-state index is 12.5. The summed E-state index contributed by atoms with van der Waals surface area (Å²) in [5.41, 5.74) is 2.09. The van der Waals surface area contributed by atoms with Gasteiger partial charge in [0, 0.05) is 18.0 Å². The lowest BCUT2D eigenvalue weighted by Gasteiger charge is -2.59. The van der Waals surface area contributed by atoms with E-state index in [1.807, 2.05) is 6.92 Å². The van der Waals surface area contributed by atoms with Gasteiger partial charge in [0.25, 0.3) is 0 Å². The van der Waals surface area contributed by atoms with E-state index in [0.717, 1.165) is 36.3 Å². The molecule has 0 aromatic heterocycles. The molecule has 2 bridgehead atoms. The molecule has 4 atom stereocenters. The molecule has 110 valence electrons. The zero-order valence-electron chi connectivity index (χ0n) is 12.1. The highest BCUT2D eigenvalue weighted by molar-refractivity contribution is 5.89. The topological polar surface area (TPSA) is 58.6 Å². The Labute approximate surface area is 123 Å². The van der Waals surface area contributed by atoms with Crippen LogP contribution in [0.4, 0.5) is 0 Å². The molecule has 1 unspecified atom stereocenters. The van der Waals surface area contributed by atoms with Crippen LogP contribution in [0.3, 0.4) is 0 Å². The number of ketones is 1. The van der Waals surface area contributed by atoms with Crippen LogP contribution in [-0.4, -0.2) is 35.2 Å². The average Bonchev–Trinajstić information content (AvgIpc) is 2.80. The van der Waals surface area contributed by atoms with Crippen molar-refractivity contribution in [3.63, 3.8) is 0 Å². The smallest absolute Gasteiger partial charge is 0.174 e. The van der Waals surface area contributed by atoms with E-state index in [2.05, 4.69) is 17.4 Å². The van der Waals surface area contributed by atoms with E-state index < -0.39 is 17.1 Å². The number of aryl methyl sites for hydroxylation is 1. The molecule has 4 heteroatoms. The van der Waals surface area contributed by atoms with E-state index in [4.69, 9.17) is 4.74 Å². The highest BCUT2D eigenvalue weighted by atomic mass is 16.5. The lowest BCUT2D eigenvalue weighted by Crippen LogP contribution is -2.76. The summed E-state index contributed by atoms with van der Waals surface area (Å²) in [6.45, 7) is 2.87. The van der Waals surface area contributed by atoms with Crippen LogP contribution in [0.2, 0.25) is 0 Å². The molecular formula is C17H19NO3. The Morgan fingerprint density at radius 2 is 2.24 bits per heavy atom. The quantitative estimate of drug-likeness (QED) is 0.747. The predicted molar refractivity (Wildman–Crippen MR) is 76.6 cm³/mol. The number of carbonyl (C=O) groups excluding carboxylic acids is 1. The number of rotatable bonds is 0. The molecule has 5 rings (SSSR count). The first-order valence-corrected chi connectivity index (χ1v) is 7.86. The highest BCUT2D eigenvalue weighted by Gasteiger charge is 2.71. The van der Waals surface area contributed by atoms with Gasteiger partial charge in [-0.1, -0.05) is 12.1 Å². The fourth-order valence-electron chi connectivity index (χ4n) is 5.37. The van der Waals surface area contributed by atoms with Crippen molar-refractivity contribution in [2.24, 2.45) is 0 Å². The van der Waals surface area contributed by atoms with Crippen molar-refractivity contribution in [1.82, 2.24) is 5.32 Å². The van der Waals surface area contributed by atoms with Gasteiger partial charge in [-0.3, -0.25) is 4.79 Å². The summed E-state index contributed by atoms with van der Waals surface area (Å²) < 4.78 is 6.15. The minimum atomic E-state index is -0.851. The van der Waals surface area contributed by atoms with Crippen LogP contribution in [-0.2, 0) is 16.6 Å². The first-order valence-electron chi connectivity index (χ1n) is 7.86. The maximum absolute atomic E-state index is 12.5. The summed E-state index contributed by atoms with van der Waals surface area (Å²) in [7, 11) is 0. The molecule has 2 heterocycles. The number of benzene rings is 1. The molecule has 1 aromatic rings. The number of carbonyl (C=O) groups is 1. The molecule has 2 aliphatic heterocycles. The molecule has 4 nitrogen and oxygen atoms in total. The van der Waals surface area contributed by atoms with Crippen molar-refractivity contribution in [1.29, 1.82) is 0 Å². The van der Waals surface area contributed by atoms with Gasteiger partial charge in [-0.25, -0.2) is 0 Å². The number of Topliss-reactive ketones (excluding diaryl/α,β-unsaturated/α-hetero) is 1. The van der Waals surface area contributed by atoms with Gasteiger partial charge in [-0.2, -0.15) is 0 Å². The van der Waals surface area contributed by atoms with Crippen molar-refractivity contribution in [3.8, 4) is 5.75 Å². The lowest BCUT2D eigenvalue weighted by atomic mass is 9.49. The molecule has 2 aliphatic carbocycles. The first kappa shape index (κ1) is 12.2. The molecule has 1 aromatic carbocycles. The molecule has 2 fully saturated rings. The fourth-order valence-corrected chi connectivity index (χ4v) is 5.37. The number of aliphatic hydroxyl groups is 1. The Bertz CT molecular complexity index is 685. The van der Waals surface area contributed by atoms with Crippen molar-refractivity contribution in [3.05, 3.63) is 28.8 Å². The van der Waals surface area contributed by atoms with E-state index in [1.54, 1.807) is 0 Å². The molecule has 21 heavy (non-hydrogen) atoms. The van der Waals surface area contributed by atoms with Crippen molar-refractivity contribution < 1.29 is 14.6 Å². The van der Waals surface area contributed by atoms with Gasteiger partial charge in [-0.05, 0) is 43.9 Å². The molecular weight excluding hydrogens is 266 g/mol. The van der Waals surface area contributed by atoms with Gasteiger partial charge in [0.2, 0.25) is 0 Å². The zero-order valence-corrected chi connectivity index (χ0v) is 12.1. The third kappa shape index (κ3) is 1.12. The summed E-state index contributed by atoms with van der Waals surface area (Å²) >= 11 is 0. The Hall–Kier alpha value is -1.39. The van der Waals surface area contributed by atoms with Crippen LogP contribution < -0.4 is 10.1 Å². The second-order valence-corrected chi connectivity index (χ2v) is 7.07. The summed E-state index contributed by atoms with van der Waals surface area (Å²) in [6.07, 6.45) is 2.08. The molecule has 4 aliphatic rings. The van der Waals surface area contributed by atoms with Gasteiger partial charge in [-0.15, -0.1) is 0 Å². The van der Waals surface area contributed by atoms with Gasteiger partial charge >= 0.3 is 0 Å². The predicted octanol–water partition coefficient (Wildman–Crippen LogP) is 1.01. The summed E-state index contributed by atoms with van der Waals surface area (Å²) in [4.78, 5) is 12.5. The number of hydrogen-bond acceptors (Lipinski definition) is 4. The van der Waals surface area contributed by atoms with Crippen LogP contribution in [0.5, 0.6) is 5.75 Å². The second-order valence-electron chi connectivity index (χ2n) is 7.07. The number of hydrogen-bond donors (Lipinski definition) is 2. The number of nitrogens with one attached hydrogen (secondary N) is 1. The molecule has 1 spiro atoms. The third-order valence-corrected chi connectivity index (χ3v) is 6.30. The Balaban J connectivity index is 1.89. The number of piperidine rings is 1. The van der Waals surface area contributed by atoms with Gasteiger partial charge in [0.15, 0.2) is 11.9 Å². The van der Waals surface area contributed by atoms with Crippen LogP contribution in [0.15, 0.2) is 12.1 Å². The SMILES string of the molecule is Cc1ccc2c3c1O[C@H]1C(=O)CC[C@@]4(O)C(C2)NCC[C@]314. The largest absolute Gasteiger partial charge is 0.481 e. The van der Waals surface area contributed by atoms with Crippen LogP contribution in [0, 0.1) is 6.92 Å². The van der Waals surface area contributed by atoms with E-state index in [9.17, 15) is 9.90 Å². The Morgan fingerprint density at radius 3 is 3.10 bits per heavy atom. The monoisotopic (exact) mass is 285 g/mol. The minimum absolute atomic E-state index is 0.0339. The third-order valence-electron chi connectivity index (χ3n) is 6.30. The molecule has 1 saturated heterocycles. The van der Waals surface area contributed by atoms with Gasteiger partial charge in [0.1, 0.15) is 5.75 Å². The second kappa shape index (κ2) is 3.50. The normalized spacial score (nSPS) is 42.5. The molecule has 1 saturated carbocycles. The lowest BCUT2D eigenvalue weighted by molar-refractivity contribution is -0.166. The zero-order chi connectivity index (χ0) is 14.4. The molecule has 0 amide bonds. The van der Waals surface area contributed by atoms with E-state index >= 15 is 0 Å². The summed E-state index contributed by atoms with van der Waals surface area (Å²) in [6, 6.07) is 4.26. The highest BCUT2D eigenvalue weighted by Crippen LogP contribution is 2.62. The van der Waals surface area contributed by atoms with E-state index in [1.165, 1.54) is 5.56 Å². The summed E-state index contributed by atoms with van der Waals surface area (Å²) in [5.74, 6) is 1.02. The Morgan fingerprint density at radius 1 is 1.38 bits per heavy atom. The summed E-state index contributed by atoms with van der Waals surface area (Å²) in [5, 5.41) is 15.0. The minimum Gasteiger partial charge on any atom is -0.481 e. The van der Waals surface area contributed by atoms with E-state index in [-0.39, 0.29) is 11.8 Å². The fraction of sp³-hybridized carbons (Fsp3) is 0.588. The molecule has 0 radical (unpaired) electrons. The Kier molecular flexibility index (Phi) is 2.03. The van der Waals surface area contributed by atoms with Crippen LogP contribution >= 0.6 is 0 Å². The van der Waals surface area contributed by atoms with E-state index in [0.29, 0.717) is 12.8 Å². The van der Waals surface area contributed by atoms with Crippen LogP contribution in [0.25, 0.3) is 0 Å². The number of ether oxygens (including phenoxy) is 1. The van der Waals surface area contributed by atoms with Crippen molar-refractivity contribution >= 4 is 5.78 Å². The van der Waals surface area contributed by atoms with Crippen molar-refractivity contribution in [2.75, 3.05) is 6.54 Å². The van der Waals surface area contributed by atoms with Crippen LogP contribution in [0.1, 0.15) is 36.0 Å². The van der Waals surface area contributed by atoms with Gasteiger partial charge in [0.05, 0.1) is 11.0 Å². The first-order chi connectivity index (χ1) is 10.1. The van der Waals surface area contributed by atoms with Gasteiger partial charge < -0.3 is 15.2 Å². The maximum Gasteiger partial charge on any atom is 0.174 e. The standard InChI is InChI=1S/C17H19NO3/c1-9-2-3-10-8-12-17(20)5-4-11(19)15-16(17,6-7-18-12)13(10)14(9)21-15/h2-3,12,15,18,20H,4-8H2,1H3/t12?,15-,16-,17+/m0/s1. The average molecular weight is 285 g/mol.